The number of aliphatic carboxylic acids is 1. The number of aromatic nitrogens is 1. The number of halogens is 1. The second kappa shape index (κ2) is 5.14. The van der Waals surface area contributed by atoms with Gasteiger partial charge in [-0.1, -0.05) is 13.3 Å². The van der Waals surface area contributed by atoms with E-state index in [2.05, 4.69) is 0 Å². The molecule has 0 saturated heterocycles. The maximum absolute atomic E-state index is 11.5. The average Bonchev–Trinajstić information content (AvgIpc) is 2.54. The zero-order valence-corrected chi connectivity index (χ0v) is 11.8. The molecule has 0 amide bonds. The third kappa shape index (κ3) is 2.29. The van der Waals surface area contributed by atoms with Crippen molar-refractivity contribution >= 4 is 22.8 Å². The van der Waals surface area contributed by atoms with Crippen molar-refractivity contribution in [3.05, 3.63) is 23.0 Å². The van der Waals surface area contributed by atoms with Gasteiger partial charge >= 0.3 is 5.97 Å². The standard InChI is InChI=1S/C13H18ClNO3/c1-5-6-13(3,12(17)18)9-7-8(2)10(11(14)16)15(9)4/h7H,5-6H2,1-4H3,(H,17,18). The van der Waals surface area contributed by atoms with E-state index < -0.39 is 16.6 Å². The van der Waals surface area contributed by atoms with E-state index in [-0.39, 0.29) is 0 Å². The van der Waals surface area contributed by atoms with Crippen LogP contribution in [0.3, 0.4) is 0 Å². The Kier molecular flexibility index (Phi) is 4.22. The normalized spacial score (nSPS) is 14.3. The number of rotatable bonds is 5. The van der Waals surface area contributed by atoms with Crippen molar-refractivity contribution in [2.45, 2.75) is 39.0 Å². The highest BCUT2D eigenvalue weighted by atomic mass is 35.5. The molecule has 1 rings (SSSR count). The Morgan fingerprint density at radius 1 is 1.50 bits per heavy atom. The molecule has 4 nitrogen and oxygen atoms in total. The maximum atomic E-state index is 11.5. The molecule has 1 unspecified atom stereocenters. The predicted octanol–water partition coefficient (Wildman–Crippen LogP) is 2.85. The van der Waals surface area contributed by atoms with Crippen molar-refractivity contribution < 1.29 is 14.7 Å². The molecule has 0 fully saturated rings. The summed E-state index contributed by atoms with van der Waals surface area (Å²) in [5.74, 6) is -0.890. The van der Waals surface area contributed by atoms with Crippen LogP contribution >= 0.6 is 11.6 Å². The van der Waals surface area contributed by atoms with E-state index in [1.54, 1.807) is 31.5 Å². The van der Waals surface area contributed by atoms with E-state index in [1.807, 2.05) is 6.92 Å². The van der Waals surface area contributed by atoms with E-state index in [0.29, 0.717) is 23.4 Å². The number of aryl methyl sites for hydroxylation is 1. The molecular weight excluding hydrogens is 254 g/mol. The van der Waals surface area contributed by atoms with Gasteiger partial charge in [-0.3, -0.25) is 9.59 Å². The number of carboxylic acid groups (broad SMARTS) is 1. The van der Waals surface area contributed by atoms with E-state index in [0.717, 1.165) is 6.42 Å². The zero-order valence-electron chi connectivity index (χ0n) is 11.1. The Labute approximate surface area is 112 Å². The Hall–Kier alpha value is -1.29. The molecule has 0 aliphatic heterocycles. The van der Waals surface area contributed by atoms with Gasteiger partial charge in [0.25, 0.3) is 5.24 Å². The number of nitrogens with zero attached hydrogens (tertiary/aromatic N) is 1. The molecule has 1 atom stereocenters. The van der Waals surface area contributed by atoms with Crippen LogP contribution in [0.1, 0.15) is 48.4 Å². The molecule has 100 valence electrons. The fourth-order valence-electron chi connectivity index (χ4n) is 2.42. The molecule has 0 saturated carbocycles. The number of carbonyl (C=O) groups is 2. The average molecular weight is 272 g/mol. The van der Waals surface area contributed by atoms with Gasteiger partial charge in [0.2, 0.25) is 0 Å². The Morgan fingerprint density at radius 3 is 2.39 bits per heavy atom. The number of carboxylic acids is 1. The van der Waals surface area contributed by atoms with Crippen LogP contribution in [0.2, 0.25) is 0 Å². The summed E-state index contributed by atoms with van der Waals surface area (Å²) in [5, 5.41) is 8.88. The second-order valence-corrected chi connectivity index (χ2v) is 5.12. The Bertz CT molecular complexity index is 493. The monoisotopic (exact) mass is 271 g/mol. The maximum Gasteiger partial charge on any atom is 0.315 e. The van der Waals surface area contributed by atoms with Gasteiger partial charge < -0.3 is 9.67 Å². The van der Waals surface area contributed by atoms with Gasteiger partial charge in [0, 0.05) is 12.7 Å². The number of hydrogen-bond donors (Lipinski definition) is 1. The van der Waals surface area contributed by atoms with Crippen molar-refractivity contribution in [1.82, 2.24) is 4.57 Å². The lowest BCUT2D eigenvalue weighted by Gasteiger charge is -2.25. The largest absolute Gasteiger partial charge is 0.481 e. The molecule has 5 heteroatoms. The highest BCUT2D eigenvalue weighted by Gasteiger charge is 2.38. The van der Waals surface area contributed by atoms with Crippen LogP contribution < -0.4 is 0 Å². The highest BCUT2D eigenvalue weighted by molar-refractivity contribution is 6.67. The molecule has 18 heavy (non-hydrogen) atoms. The third-order valence-electron chi connectivity index (χ3n) is 3.40. The quantitative estimate of drug-likeness (QED) is 0.838. The lowest BCUT2D eigenvalue weighted by molar-refractivity contribution is -0.143. The highest BCUT2D eigenvalue weighted by Crippen LogP contribution is 2.32. The van der Waals surface area contributed by atoms with E-state index in [9.17, 15) is 14.7 Å². The van der Waals surface area contributed by atoms with Crippen LogP contribution in [0, 0.1) is 6.92 Å². The summed E-state index contributed by atoms with van der Waals surface area (Å²) >= 11 is 5.53. The Morgan fingerprint density at radius 2 is 2.06 bits per heavy atom. The second-order valence-electron chi connectivity index (χ2n) is 4.78. The number of carbonyl (C=O) groups excluding carboxylic acids is 1. The summed E-state index contributed by atoms with van der Waals surface area (Å²) < 4.78 is 1.59. The zero-order chi connectivity index (χ0) is 14.1. The van der Waals surface area contributed by atoms with Crippen molar-refractivity contribution in [1.29, 1.82) is 0 Å². The first-order chi connectivity index (χ1) is 8.25. The van der Waals surface area contributed by atoms with Gasteiger partial charge in [0.1, 0.15) is 11.1 Å². The van der Waals surface area contributed by atoms with Gasteiger partial charge in [-0.25, -0.2) is 0 Å². The molecule has 0 aromatic carbocycles. The van der Waals surface area contributed by atoms with Crippen molar-refractivity contribution in [3.63, 3.8) is 0 Å². The molecule has 0 radical (unpaired) electrons. The van der Waals surface area contributed by atoms with Crippen molar-refractivity contribution in [3.8, 4) is 0 Å². The van der Waals surface area contributed by atoms with E-state index in [1.165, 1.54) is 0 Å². The minimum atomic E-state index is -1.00. The van der Waals surface area contributed by atoms with Crippen molar-refractivity contribution in [2.75, 3.05) is 0 Å². The number of hydrogen-bond acceptors (Lipinski definition) is 2. The van der Waals surface area contributed by atoms with Gasteiger partial charge in [-0.2, -0.15) is 0 Å². The SMILES string of the molecule is CCCC(C)(C(=O)O)c1cc(C)c(C(=O)Cl)n1C. The lowest BCUT2D eigenvalue weighted by atomic mass is 9.82. The van der Waals surface area contributed by atoms with Crippen LogP contribution in [-0.4, -0.2) is 20.9 Å². The topological polar surface area (TPSA) is 59.3 Å². The molecule has 1 aromatic heterocycles. The van der Waals surface area contributed by atoms with Gasteiger partial charge in [-0.15, -0.1) is 0 Å². The minimum absolute atomic E-state index is 0.357. The summed E-state index contributed by atoms with van der Waals surface area (Å²) in [4.78, 5) is 22.9. The van der Waals surface area contributed by atoms with E-state index >= 15 is 0 Å². The van der Waals surface area contributed by atoms with Crippen LogP contribution in [-0.2, 0) is 17.3 Å². The van der Waals surface area contributed by atoms with Gasteiger partial charge in [-0.05, 0) is 43.5 Å². The summed E-state index contributed by atoms with van der Waals surface area (Å²) in [6.07, 6.45) is 1.26. The van der Waals surface area contributed by atoms with E-state index in [4.69, 9.17) is 11.6 Å². The van der Waals surface area contributed by atoms with Gasteiger partial charge in [0.05, 0.1) is 0 Å². The first kappa shape index (κ1) is 14.8. The van der Waals surface area contributed by atoms with Crippen LogP contribution in [0.4, 0.5) is 0 Å². The molecule has 1 aromatic rings. The molecule has 0 spiro atoms. The van der Waals surface area contributed by atoms with Crippen LogP contribution in [0.15, 0.2) is 6.07 Å². The Balaban J connectivity index is 3.44. The first-order valence-corrected chi connectivity index (χ1v) is 6.23. The van der Waals surface area contributed by atoms with Crippen LogP contribution in [0.5, 0.6) is 0 Å². The summed E-state index contributed by atoms with van der Waals surface area (Å²) in [6.45, 7) is 5.37. The summed E-state index contributed by atoms with van der Waals surface area (Å²) in [5.41, 5.74) is 0.670. The van der Waals surface area contributed by atoms with Crippen molar-refractivity contribution in [2.24, 2.45) is 7.05 Å². The minimum Gasteiger partial charge on any atom is -0.481 e. The molecule has 1 N–H and O–H groups in total. The van der Waals surface area contributed by atoms with Crippen LogP contribution in [0.25, 0.3) is 0 Å². The molecule has 0 bridgehead atoms. The molecule has 0 aliphatic carbocycles. The van der Waals surface area contributed by atoms with Gasteiger partial charge in [0.15, 0.2) is 0 Å². The molecular formula is C13H18ClNO3. The third-order valence-corrected chi connectivity index (χ3v) is 3.58. The fraction of sp³-hybridized carbons (Fsp3) is 0.538. The summed E-state index contributed by atoms with van der Waals surface area (Å²) in [7, 11) is 1.68. The predicted molar refractivity (Wildman–Crippen MR) is 70.2 cm³/mol. The molecule has 1 heterocycles. The lowest BCUT2D eigenvalue weighted by Crippen LogP contribution is -2.34. The summed E-state index contributed by atoms with van der Waals surface area (Å²) in [6, 6.07) is 1.74. The smallest absolute Gasteiger partial charge is 0.315 e. The fourth-order valence-corrected chi connectivity index (χ4v) is 2.69. The first-order valence-electron chi connectivity index (χ1n) is 5.85. The molecule has 0 aliphatic rings.